The van der Waals surface area contributed by atoms with Gasteiger partial charge in [-0.3, -0.25) is 0 Å². The predicted octanol–water partition coefficient (Wildman–Crippen LogP) is -0.00750. The molecule has 80 valence electrons. The summed E-state index contributed by atoms with van der Waals surface area (Å²) >= 11 is 0. The molecule has 4 nitrogen and oxygen atoms in total. The van der Waals surface area contributed by atoms with Crippen molar-refractivity contribution in [2.24, 2.45) is 0 Å². The van der Waals surface area contributed by atoms with E-state index in [-0.39, 0.29) is 13.2 Å². The van der Waals surface area contributed by atoms with Gasteiger partial charge in [0.15, 0.2) is 5.79 Å². The van der Waals surface area contributed by atoms with Gasteiger partial charge in [-0.2, -0.15) is 0 Å². The lowest BCUT2D eigenvalue weighted by atomic mass is 9.95. The van der Waals surface area contributed by atoms with E-state index in [0.29, 0.717) is 19.3 Å². The molecule has 0 aromatic heterocycles. The first-order chi connectivity index (χ1) is 6.12. The smallest absolute Gasteiger partial charge is 0.162 e. The highest BCUT2D eigenvalue weighted by molar-refractivity contribution is 4.69. The molecule has 0 bridgehead atoms. The second kappa shape index (κ2) is 7.26. The topological polar surface area (TPSA) is 80.9 Å². The van der Waals surface area contributed by atoms with Crippen molar-refractivity contribution in [2.45, 2.75) is 44.3 Å². The summed E-state index contributed by atoms with van der Waals surface area (Å²) in [5.74, 6) is -1.32. The van der Waals surface area contributed by atoms with Gasteiger partial charge >= 0.3 is 0 Å². The van der Waals surface area contributed by atoms with E-state index in [9.17, 15) is 0 Å². The summed E-state index contributed by atoms with van der Waals surface area (Å²) in [6.45, 7) is 0.188. The van der Waals surface area contributed by atoms with Crippen LogP contribution in [0.1, 0.15) is 38.5 Å². The Kier molecular flexibility index (Phi) is 7.17. The van der Waals surface area contributed by atoms with E-state index in [1.165, 1.54) is 0 Å². The van der Waals surface area contributed by atoms with Gasteiger partial charge in [0.05, 0.1) is 0 Å². The Labute approximate surface area is 78.8 Å². The van der Waals surface area contributed by atoms with Gasteiger partial charge in [0.2, 0.25) is 0 Å². The fraction of sp³-hybridized carbons (Fsp3) is 1.00. The molecule has 0 atom stereocenters. The number of hydrogen-bond donors (Lipinski definition) is 4. The average molecular weight is 192 g/mol. The molecule has 0 unspecified atom stereocenters. The SMILES string of the molecule is OC1(O)CCCCC1.OCCCO. The Morgan fingerprint density at radius 3 is 1.46 bits per heavy atom. The number of aliphatic hydroxyl groups is 4. The summed E-state index contributed by atoms with van der Waals surface area (Å²) in [6, 6.07) is 0. The largest absolute Gasteiger partial charge is 0.396 e. The van der Waals surface area contributed by atoms with Crippen LogP contribution in [0.25, 0.3) is 0 Å². The Hall–Kier alpha value is -0.160. The molecule has 0 amide bonds. The summed E-state index contributed by atoms with van der Waals surface area (Å²) in [5.41, 5.74) is 0. The van der Waals surface area contributed by atoms with Gasteiger partial charge in [-0.25, -0.2) is 0 Å². The maximum Gasteiger partial charge on any atom is 0.162 e. The van der Waals surface area contributed by atoms with E-state index in [4.69, 9.17) is 20.4 Å². The van der Waals surface area contributed by atoms with Gasteiger partial charge in [0.25, 0.3) is 0 Å². The van der Waals surface area contributed by atoms with Crippen LogP contribution in [0.5, 0.6) is 0 Å². The minimum Gasteiger partial charge on any atom is -0.396 e. The highest BCUT2D eigenvalue weighted by atomic mass is 16.5. The number of rotatable bonds is 2. The summed E-state index contributed by atoms with van der Waals surface area (Å²) in [7, 11) is 0. The van der Waals surface area contributed by atoms with Gasteiger partial charge in [0.1, 0.15) is 0 Å². The van der Waals surface area contributed by atoms with Crippen LogP contribution in [0.15, 0.2) is 0 Å². The third kappa shape index (κ3) is 8.18. The first-order valence-corrected chi connectivity index (χ1v) is 4.79. The van der Waals surface area contributed by atoms with Crippen molar-refractivity contribution >= 4 is 0 Å². The summed E-state index contributed by atoms with van der Waals surface area (Å²) in [6.07, 6.45) is 4.71. The fourth-order valence-electron chi connectivity index (χ4n) is 1.19. The molecule has 4 N–H and O–H groups in total. The monoisotopic (exact) mass is 192 g/mol. The van der Waals surface area contributed by atoms with Gasteiger partial charge in [-0.15, -0.1) is 0 Å². The molecule has 0 aromatic carbocycles. The zero-order chi connectivity index (χ0) is 10.2. The van der Waals surface area contributed by atoms with Crippen LogP contribution in [-0.2, 0) is 0 Å². The molecule has 0 heterocycles. The van der Waals surface area contributed by atoms with Crippen molar-refractivity contribution in [3.8, 4) is 0 Å². The van der Waals surface area contributed by atoms with E-state index in [0.717, 1.165) is 19.3 Å². The Morgan fingerprint density at radius 1 is 0.846 bits per heavy atom. The van der Waals surface area contributed by atoms with Gasteiger partial charge in [0, 0.05) is 26.1 Å². The maximum absolute atomic E-state index is 8.93. The van der Waals surface area contributed by atoms with Crippen molar-refractivity contribution in [3.05, 3.63) is 0 Å². The van der Waals surface area contributed by atoms with Crippen LogP contribution in [0.3, 0.4) is 0 Å². The zero-order valence-electron chi connectivity index (χ0n) is 7.95. The van der Waals surface area contributed by atoms with Crippen LogP contribution in [0, 0.1) is 0 Å². The minimum atomic E-state index is -1.32. The number of aliphatic hydroxyl groups excluding tert-OH is 2. The van der Waals surface area contributed by atoms with Crippen LogP contribution >= 0.6 is 0 Å². The molecule has 4 heteroatoms. The molecule has 0 saturated heterocycles. The average Bonchev–Trinajstić information content (AvgIpc) is 2.06. The molecule has 0 radical (unpaired) electrons. The van der Waals surface area contributed by atoms with Crippen LogP contribution in [-0.4, -0.2) is 39.4 Å². The van der Waals surface area contributed by atoms with Crippen molar-refractivity contribution < 1.29 is 20.4 Å². The van der Waals surface area contributed by atoms with E-state index in [2.05, 4.69) is 0 Å². The predicted molar refractivity (Wildman–Crippen MR) is 49.0 cm³/mol. The second-order valence-electron chi connectivity index (χ2n) is 3.34. The van der Waals surface area contributed by atoms with Gasteiger partial charge in [-0.05, 0) is 19.3 Å². The lowest BCUT2D eigenvalue weighted by Gasteiger charge is -2.25. The van der Waals surface area contributed by atoms with Crippen LogP contribution in [0.2, 0.25) is 0 Å². The Balaban J connectivity index is 0.000000252. The molecule has 0 spiro atoms. The first kappa shape index (κ1) is 12.8. The fourth-order valence-corrected chi connectivity index (χ4v) is 1.19. The molecule has 1 aliphatic carbocycles. The second-order valence-corrected chi connectivity index (χ2v) is 3.34. The van der Waals surface area contributed by atoms with Crippen molar-refractivity contribution in [1.82, 2.24) is 0 Å². The van der Waals surface area contributed by atoms with Crippen LogP contribution in [0.4, 0.5) is 0 Å². The highest BCUT2D eigenvalue weighted by Crippen LogP contribution is 2.24. The Bertz CT molecular complexity index is 104. The van der Waals surface area contributed by atoms with Crippen LogP contribution < -0.4 is 0 Å². The maximum atomic E-state index is 8.93. The van der Waals surface area contributed by atoms with E-state index >= 15 is 0 Å². The summed E-state index contributed by atoms with van der Waals surface area (Å²) in [5, 5.41) is 33.7. The Morgan fingerprint density at radius 2 is 1.31 bits per heavy atom. The van der Waals surface area contributed by atoms with E-state index in [1.807, 2.05) is 0 Å². The van der Waals surface area contributed by atoms with Crippen molar-refractivity contribution in [3.63, 3.8) is 0 Å². The number of hydrogen-bond acceptors (Lipinski definition) is 4. The third-order valence-corrected chi connectivity index (χ3v) is 1.97. The molecule has 1 aliphatic rings. The zero-order valence-corrected chi connectivity index (χ0v) is 7.95. The van der Waals surface area contributed by atoms with E-state index in [1.54, 1.807) is 0 Å². The third-order valence-electron chi connectivity index (χ3n) is 1.97. The standard InChI is InChI=1S/C6H12O2.C3H8O2/c7-6(8)4-2-1-3-5-6;4-2-1-3-5/h7-8H,1-5H2;4-5H,1-3H2. The van der Waals surface area contributed by atoms with E-state index < -0.39 is 5.79 Å². The molecular weight excluding hydrogens is 172 g/mol. The molecular formula is C9H20O4. The van der Waals surface area contributed by atoms with Gasteiger partial charge < -0.3 is 20.4 Å². The molecule has 0 aliphatic heterocycles. The quantitative estimate of drug-likeness (QED) is 0.464. The molecule has 1 rings (SSSR count). The highest BCUT2D eigenvalue weighted by Gasteiger charge is 2.24. The first-order valence-electron chi connectivity index (χ1n) is 4.79. The molecule has 13 heavy (non-hydrogen) atoms. The van der Waals surface area contributed by atoms with Gasteiger partial charge in [-0.1, -0.05) is 6.42 Å². The lowest BCUT2D eigenvalue weighted by molar-refractivity contribution is -0.180. The normalized spacial score (nSPS) is 20.3. The molecule has 1 fully saturated rings. The molecule has 0 aromatic rings. The van der Waals surface area contributed by atoms with Crippen molar-refractivity contribution in [2.75, 3.05) is 13.2 Å². The summed E-state index contributed by atoms with van der Waals surface area (Å²) in [4.78, 5) is 0. The summed E-state index contributed by atoms with van der Waals surface area (Å²) < 4.78 is 0. The minimum absolute atomic E-state index is 0.0938. The lowest BCUT2D eigenvalue weighted by Crippen LogP contribution is -2.30. The van der Waals surface area contributed by atoms with Crippen molar-refractivity contribution in [1.29, 1.82) is 0 Å². The molecule has 1 saturated carbocycles.